The van der Waals surface area contributed by atoms with Gasteiger partial charge in [-0.25, -0.2) is 0 Å². The number of amides is 2. The second-order valence-electron chi connectivity index (χ2n) is 8.84. The highest BCUT2D eigenvalue weighted by Gasteiger charge is 2.23. The first-order valence-corrected chi connectivity index (χ1v) is 12.6. The van der Waals surface area contributed by atoms with E-state index in [0.29, 0.717) is 23.7 Å². The molecule has 1 heterocycles. The molecule has 3 aromatic carbocycles. The van der Waals surface area contributed by atoms with Gasteiger partial charge in [-0.3, -0.25) is 9.59 Å². The van der Waals surface area contributed by atoms with Crippen LogP contribution in [0.3, 0.4) is 0 Å². The average Bonchev–Trinajstić information content (AvgIpc) is 3.40. The molecule has 2 aliphatic rings. The van der Waals surface area contributed by atoms with Gasteiger partial charge >= 0.3 is 0 Å². The zero-order chi connectivity index (χ0) is 24.9. The lowest BCUT2D eigenvalue weighted by atomic mass is 10.1. The van der Waals surface area contributed by atoms with Crippen LogP contribution < -0.4 is 19.7 Å². The molecule has 1 aliphatic carbocycles. The predicted octanol–water partition coefficient (Wildman–Crippen LogP) is 5.28. The Morgan fingerprint density at radius 1 is 1.03 bits per heavy atom. The van der Waals surface area contributed by atoms with Crippen LogP contribution in [0.15, 0.2) is 78.9 Å². The van der Waals surface area contributed by atoms with Crippen LogP contribution in [-0.2, 0) is 29.0 Å². The lowest BCUT2D eigenvalue weighted by Gasteiger charge is -2.27. The number of aryl methyl sites for hydroxylation is 1. The number of carbonyl (C=O) groups excluding carboxylic acids is 2. The summed E-state index contributed by atoms with van der Waals surface area (Å²) in [6, 6.07) is 21.1. The number of nitrogens with one attached hydrogen (secondary N) is 1. The van der Waals surface area contributed by atoms with E-state index >= 15 is 0 Å². The highest BCUT2D eigenvalue weighted by Crippen LogP contribution is 2.36. The number of anilines is 2. The van der Waals surface area contributed by atoms with Gasteiger partial charge in [-0.05, 0) is 60.2 Å². The summed E-state index contributed by atoms with van der Waals surface area (Å²) in [5.41, 5.74) is 5.09. The van der Waals surface area contributed by atoms with Crippen molar-refractivity contribution in [2.75, 3.05) is 22.7 Å². The third-order valence-electron chi connectivity index (χ3n) is 6.39. The third kappa shape index (κ3) is 5.39. The molecule has 7 heteroatoms. The summed E-state index contributed by atoms with van der Waals surface area (Å²) in [6.45, 7) is 0.653. The predicted molar refractivity (Wildman–Crippen MR) is 141 cm³/mol. The number of benzene rings is 3. The van der Waals surface area contributed by atoms with E-state index in [4.69, 9.17) is 21.1 Å². The first kappa shape index (κ1) is 23.9. The van der Waals surface area contributed by atoms with E-state index in [1.807, 2.05) is 48.5 Å². The Morgan fingerprint density at radius 3 is 2.72 bits per heavy atom. The Hall–Kier alpha value is -3.77. The molecule has 1 aliphatic heterocycles. The van der Waals surface area contributed by atoms with E-state index in [2.05, 4.69) is 11.4 Å². The Labute approximate surface area is 215 Å². The molecule has 0 spiro atoms. The van der Waals surface area contributed by atoms with Gasteiger partial charge in [0.1, 0.15) is 12.5 Å². The van der Waals surface area contributed by atoms with Gasteiger partial charge in [0.25, 0.3) is 0 Å². The van der Waals surface area contributed by atoms with Gasteiger partial charge in [-0.15, -0.1) is 11.6 Å². The van der Waals surface area contributed by atoms with Crippen molar-refractivity contribution >= 4 is 34.8 Å². The minimum absolute atomic E-state index is 0.123. The van der Waals surface area contributed by atoms with Crippen molar-refractivity contribution in [2.24, 2.45) is 0 Å². The molecular formula is C29H27ClN2O4. The van der Waals surface area contributed by atoms with E-state index in [1.54, 1.807) is 23.1 Å². The number of alkyl halides is 1. The van der Waals surface area contributed by atoms with Gasteiger partial charge in [0.15, 0.2) is 17.6 Å². The van der Waals surface area contributed by atoms with Crippen molar-refractivity contribution in [3.63, 3.8) is 0 Å². The number of carbonyl (C=O) groups is 2. The van der Waals surface area contributed by atoms with Crippen molar-refractivity contribution < 1.29 is 19.1 Å². The molecule has 0 fully saturated rings. The number of halogens is 1. The van der Waals surface area contributed by atoms with Gasteiger partial charge in [0.05, 0.1) is 6.54 Å². The first-order valence-electron chi connectivity index (χ1n) is 12.0. The van der Waals surface area contributed by atoms with Gasteiger partial charge in [-0.2, -0.15) is 0 Å². The van der Waals surface area contributed by atoms with E-state index in [0.717, 1.165) is 30.5 Å². The molecule has 2 amide bonds. The Kier molecular flexibility index (Phi) is 7.23. The molecule has 6 nitrogen and oxygen atoms in total. The van der Waals surface area contributed by atoms with Crippen LogP contribution in [0, 0.1) is 0 Å². The van der Waals surface area contributed by atoms with Crippen molar-refractivity contribution in [3.05, 3.63) is 95.6 Å². The smallest absolute Gasteiger partial charge is 0.248 e. The van der Waals surface area contributed by atoms with Crippen molar-refractivity contribution in [1.29, 1.82) is 0 Å². The molecule has 1 atom stereocenters. The molecule has 0 radical (unpaired) electrons. The highest BCUT2D eigenvalue weighted by atomic mass is 35.5. The van der Waals surface area contributed by atoms with Crippen LogP contribution >= 0.6 is 11.6 Å². The zero-order valence-corrected chi connectivity index (χ0v) is 20.5. The molecule has 1 unspecified atom stereocenters. The quantitative estimate of drug-likeness (QED) is 0.352. The highest BCUT2D eigenvalue weighted by molar-refractivity contribution is 6.29. The third-order valence-corrected chi connectivity index (χ3v) is 6.61. The second-order valence-corrected chi connectivity index (χ2v) is 9.11. The Bertz CT molecular complexity index is 1290. The van der Waals surface area contributed by atoms with E-state index < -0.39 is 6.10 Å². The summed E-state index contributed by atoms with van der Waals surface area (Å²) in [5.74, 6) is 0.576. The lowest BCUT2D eigenvalue weighted by molar-refractivity contribution is -0.116. The Balaban J connectivity index is 1.24. The van der Waals surface area contributed by atoms with Crippen molar-refractivity contribution in [1.82, 2.24) is 0 Å². The summed E-state index contributed by atoms with van der Waals surface area (Å²) in [4.78, 5) is 26.7. The SMILES string of the molecule is O=C(/C=C/C1COc2cc(N(Cc3ccccc3)C(=O)CCl)ccc2O1)Nc1cccc2c1CCC2. The van der Waals surface area contributed by atoms with Crippen LogP contribution in [-0.4, -0.2) is 30.4 Å². The average molecular weight is 503 g/mol. The molecule has 0 saturated carbocycles. The molecule has 36 heavy (non-hydrogen) atoms. The van der Waals surface area contributed by atoms with Crippen LogP contribution in [0.4, 0.5) is 11.4 Å². The fourth-order valence-corrected chi connectivity index (χ4v) is 4.75. The van der Waals surface area contributed by atoms with Crippen LogP contribution in [0.1, 0.15) is 23.1 Å². The largest absolute Gasteiger partial charge is 0.485 e. The van der Waals surface area contributed by atoms with Crippen molar-refractivity contribution in [3.8, 4) is 11.5 Å². The van der Waals surface area contributed by atoms with E-state index in [9.17, 15) is 9.59 Å². The molecule has 184 valence electrons. The van der Waals surface area contributed by atoms with E-state index in [1.165, 1.54) is 17.2 Å². The molecule has 0 bridgehead atoms. The maximum atomic E-state index is 12.6. The topological polar surface area (TPSA) is 67.9 Å². The number of rotatable bonds is 7. The van der Waals surface area contributed by atoms with Crippen LogP contribution in [0.25, 0.3) is 0 Å². The molecule has 0 aromatic heterocycles. The molecule has 0 saturated heterocycles. The summed E-state index contributed by atoms with van der Waals surface area (Å²) >= 11 is 5.88. The number of hydrogen-bond donors (Lipinski definition) is 1. The Morgan fingerprint density at radius 2 is 1.89 bits per heavy atom. The van der Waals surface area contributed by atoms with Gasteiger partial charge < -0.3 is 19.7 Å². The van der Waals surface area contributed by atoms with Crippen LogP contribution in [0.5, 0.6) is 11.5 Å². The van der Waals surface area contributed by atoms with Crippen molar-refractivity contribution in [2.45, 2.75) is 31.9 Å². The molecule has 1 N–H and O–H groups in total. The van der Waals surface area contributed by atoms with E-state index in [-0.39, 0.29) is 24.3 Å². The minimum Gasteiger partial charge on any atom is -0.485 e. The normalized spacial score (nSPS) is 16.0. The lowest BCUT2D eigenvalue weighted by Crippen LogP contribution is -2.32. The van der Waals surface area contributed by atoms with Crippen LogP contribution in [0.2, 0.25) is 0 Å². The maximum Gasteiger partial charge on any atom is 0.248 e. The molecule has 5 rings (SSSR count). The second kappa shape index (κ2) is 10.9. The molecule has 3 aromatic rings. The number of nitrogens with zero attached hydrogens (tertiary/aromatic N) is 1. The standard InChI is InChI=1S/C29H27ClN2O4/c30-17-29(34)32(18-20-6-2-1-3-7-20)22-12-14-26-27(16-22)35-19-23(36-26)13-15-28(33)31-25-11-5-9-21-8-4-10-24(21)25/h1-3,5-7,9,11-16,23H,4,8,10,17-19H2,(H,31,33)/b15-13+. The number of ether oxygens (including phenoxy) is 2. The van der Waals surface area contributed by atoms with Gasteiger partial charge in [0, 0.05) is 23.5 Å². The zero-order valence-electron chi connectivity index (χ0n) is 19.8. The fourth-order valence-electron chi connectivity index (χ4n) is 4.61. The van der Waals surface area contributed by atoms with Gasteiger partial charge in [-0.1, -0.05) is 42.5 Å². The summed E-state index contributed by atoms with van der Waals surface area (Å²) in [5, 5.41) is 2.99. The number of fused-ring (bicyclic) bond motifs is 2. The monoisotopic (exact) mass is 502 g/mol. The maximum absolute atomic E-state index is 12.6. The number of hydrogen-bond acceptors (Lipinski definition) is 4. The van der Waals surface area contributed by atoms with Gasteiger partial charge in [0.2, 0.25) is 11.8 Å². The summed E-state index contributed by atoms with van der Waals surface area (Å²) in [6.07, 6.45) is 5.97. The first-order chi connectivity index (χ1) is 17.6. The fraction of sp³-hybridized carbons (Fsp3) is 0.241. The summed E-state index contributed by atoms with van der Waals surface area (Å²) in [7, 11) is 0. The molecular weight excluding hydrogens is 476 g/mol. The summed E-state index contributed by atoms with van der Waals surface area (Å²) < 4.78 is 11.9. The minimum atomic E-state index is -0.402.